The SMILES string of the molecule is CCCCCCCCCCCCCCCC(=O)Nc1ccc(C(=O)O)c(CC)c1F. The molecule has 0 fully saturated rings. The molecule has 2 N–H and O–H groups in total. The summed E-state index contributed by atoms with van der Waals surface area (Å²) in [5.41, 5.74) is 0.141. The van der Waals surface area contributed by atoms with Crippen LogP contribution in [-0.4, -0.2) is 17.0 Å². The first-order valence-electron chi connectivity index (χ1n) is 11.9. The number of unbranched alkanes of at least 4 members (excludes halogenated alkanes) is 12. The molecule has 0 saturated carbocycles. The van der Waals surface area contributed by atoms with Gasteiger partial charge in [0.2, 0.25) is 5.91 Å². The van der Waals surface area contributed by atoms with Gasteiger partial charge in [0.05, 0.1) is 11.3 Å². The van der Waals surface area contributed by atoms with Gasteiger partial charge in [-0.2, -0.15) is 0 Å². The molecule has 0 aromatic heterocycles. The second-order valence-electron chi connectivity index (χ2n) is 8.15. The number of carboxylic acid groups (broad SMARTS) is 1. The molecule has 0 radical (unpaired) electrons. The van der Waals surface area contributed by atoms with Crippen molar-refractivity contribution in [2.24, 2.45) is 0 Å². The molecule has 30 heavy (non-hydrogen) atoms. The number of amides is 1. The van der Waals surface area contributed by atoms with Crippen LogP contribution in [0.25, 0.3) is 0 Å². The van der Waals surface area contributed by atoms with Crippen molar-refractivity contribution in [3.05, 3.63) is 29.1 Å². The van der Waals surface area contributed by atoms with Gasteiger partial charge in [-0.25, -0.2) is 9.18 Å². The predicted octanol–water partition coefficient (Wildman–Crippen LogP) is 7.51. The molecule has 1 aromatic carbocycles. The van der Waals surface area contributed by atoms with Crippen molar-refractivity contribution < 1.29 is 19.1 Å². The number of carbonyl (C=O) groups is 2. The van der Waals surface area contributed by atoms with Gasteiger partial charge in [-0.05, 0) is 25.0 Å². The van der Waals surface area contributed by atoms with Gasteiger partial charge in [0.25, 0.3) is 0 Å². The Kier molecular flexibility index (Phi) is 13.8. The van der Waals surface area contributed by atoms with E-state index in [4.69, 9.17) is 5.11 Å². The van der Waals surface area contributed by atoms with Crippen molar-refractivity contribution in [1.29, 1.82) is 0 Å². The Labute approximate surface area is 181 Å². The van der Waals surface area contributed by atoms with Crippen molar-refractivity contribution >= 4 is 17.6 Å². The summed E-state index contributed by atoms with van der Waals surface area (Å²) in [5, 5.41) is 11.7. The first-order chi connectivity index (χ1) is 14.5. The van der Waals surface area contributed by atoms with Crippen LogP contribution < -0.4 is 5.32 Å². The molecule has 0 heterocycles. The molecule has 0 aliphatic heterocycles. The standard InChI is InChI=1S/C25H40FNO3/c1-3-5-6-7-8-9-10-11-12-13-14-15-16-17-23(28)27-22-19-18-21(25(29)30)20(4-2)24(22)26/h18-19H,3-17H2,1-2H3,(H,27,28)(H,29,30). The lowest BCUT2D eigenvalue weighted by atomic mass is 10.0. The van der Waals surface area contributed by atoms with Crippen molar-refractivity contribution in [2.45, 2.75) is 110 Å². The molecule has 1 amide bonds. The van der Waals surface area contributed by atoms with Crippen LogP contribution in [0.3, 0.4) is 0 Å². The van der Waals surface area contributed by atoms with Crippen LogP contribution in [0.1, 0.15) is 120 Å². The number of halogens is 1. The zero-order chi connectivity index (χ0) is 22.2. The summed E-state index contributed by atoms with van der Waals surface area (Å²) in [7, 11) is 0. The van der Waals surface area contributed by atoms with E-state index < -0.39 is 11.8 Å². The average molecular weight is 422 g/mol. The smallest absolute Gasteiger partial charge is 0.336 e. The second-order valence-corrected chi connectivity index (χ2v) is 8.15. The fourth-order valence-corrected chi connectivity index (χ4v) is 3.78. The lowest BCUT2D eigenvalue weighted by Gasteiger charge is -2.11. The van der Waals surface area contributed by atoms with Crippen LogP contribution in [-0.2, 0) is 11.2 Å². The summed E-state index contributed by atoms with van der Waals surface area (Å²) in [6, 6.07) is 2.69. The molecular formula is C25H40FNO3. The van der Waals surface area contributed by atoms with Gasteiger partial charge in [-0.15, -0.1) is 0 Å². The molecule has 1 rings (SSSR count). The Hall–Kier alpha value is -1.91. The molecule has 5 heteroatoms. The predicted molar refractivity (Wildman–Crippen MR) is 122 cm³/mol. The fourth-order valence-electron chi connectivity index (χ4n) is 3.78. The highest BCUT2D eigenvalue weighted by molar-refractivity contribution is 5.93. The summed E-state index contributed by atoms with van der Waals surface area (Å²) < 4.78 is 14.5. The maximum atomic E-state index is 14.5. The van der Waals surface area contributed by atoms with Crippen molar-refractivity contribution in [3.63, 3.8) is 0 Å². The molecule has 0 aliphatic carbocycles. The number of benzene rings is 1. The molecule has 1 aromatic rings. The number of hydrogen-bond acceptors (Lipinski definition) is 2. The first-order valence-corrected chi connectivity index (χ1v) is 11.9. The molecule has 0 atom stereocenters. The Morgan fingerprint density at radius 2 is 1.33 bits per heavy atom. The van der Waals surface area contributed by atoms with E-state index in [0.29, 0.717) is 6.42 Å². The van der Waals surface area contributed by atoms with E-state index in [-0.39, 0.29) is 29.1 Å². The summed E-state index contributed by atoms with van der Waals surface area (Å²) in [6.07, 6.45) is 16.8. The van der Waals surface area contributed by atoms with Crippen molar-refractivity contribution in [3.8, 4) is 0 Å². The number of carbonyl (C=O) groups excluding carboxylic acids is 1. The van der Waals surface area contributed by atoms with Gasteiger partial charge in [-0.1, -0.05) is 90.9 Å². The summed E-state index contributed by atoms with van der Waals surface area (Å²) >= 11 is 0. The number of carboxylic acids is 1. The normalized spacial score (nSPS) is 10.9. The third-order valence-corrected chi connectivity index (χ3v) is 5.61. The summed E-state index contributed by atoms with van der Waals surface area (Å²) in [5.74, 6) is -2.02. The minimum Gasteiger partial charge on any atom is -0.478 e. The van der Waals surface area contributed by atoms with Gasteiger partial charge < -0.3 is 10.4 Å². The molecular weight excluding hydrogens is 381 g/mol. The summed E-state index contributed by atoms with van der Waals surface area (Å²) in [6.45, 7) is 3.94. The van der Waals surface area contributed by atoms with E-state index in [1.807, 2.05) is 0 Å². The molecule has 0 bridgehead atoms. The maximum Gasteiger partial charge on any atom is 0.336 e. The Morgan fingerprint density at radius 1 is 0.833 bits per heavy atom. The van der Waals surface area contributed by atoms with E-state index in [1.165, 1.54) is 76.3 Å². The minimum absolute atomic E-state index is 0.0514. The lowest BCUT2D eigenvalue weighted by molar-refractivity contribution is -0.116. The maximum absolute atomic E-state index is 14.5. The lowest BCUT2D eigenvalue weighted by Crippen LogP contribution is -2.14. The van der Waals surface area contributed by atoms with Gasteiger partial charge in [0, 0.05) is 12.0 Å². The molecule has 0 aliphatic rings. The largest absolute Gasteiger partial charge is 0.478 e. The monoisotopic (exact) mass is 421 g/mol. The van der Waals surface area contributed by atoms with E-state index in [2.05, 4.69) is 12.2 Å². The summed E-state index contributed by atoms with van der Waals surface area (Å²) in [4.78, 5) is 23.3. The van der Waals surface area contributed by atoms with Crippen LogP contribution in [0.4, 0.5) is 10.1 Å². The van der Waals surface area contributed by atoms with E-state index in [0.717, 1.165) is 19.3 Å². The first kappa shape index (κ1) is 26.1. The quantitative estimate of drug-likeness (QED) is 0.256. The second kappa shape index (κ2) is 15.9. The van der Waals surface area contributed by atoms with Gasteiger partial charge in [-0.3, -0.25) is 4.79 Å². The highest BCUT2D eigenvalue weighted by atomic mass is 19.1. The van der Waals surface area contributed by atoms with Crippen molar-refractivity contribution in [1.82, 2.24) is 0 Å². The van der Waals surface area contributed by atoms with E-state index in [1.54, 1.807) is 6.92 Å². The minimum atomic E-state index is -1.16. The van der Waals surface area contributed by atoms with Crippen LogP contribution >= 0.6 is 0 Å². The number of aromatic carboxylic acids is 1. The van der Waals surface area contributed by atoms with Crippen LogP contribution in [0.5, 0.6) is 0 Å². The molecule has 4 nitrogen and oxygen atoms in total. The van der Waals surface area contributed by atoms with Gasteiger partial charge in [0.15, 0.2) is 5.82 Å². The van der Waals surface area contributed by atoms with Gasteiger partial charge in [0.1, 0.15) is 0 Å². The Balaban J connectivity index is 2.14. The van der Waals surface area contributed by atoms with E-state index >= 15 is 0 Å². The highest BCUT2D eigenvalue weighted by Crippen LogP contribution is 2.23. The highest BCUT2D eigenvalue weighted by Gasteiger charge is 2.17. The van der Waals surface area contributed by atoms with Crippen LogP contribution in [0.15, 0.2) is 12.1 Å². The van der Waals surface area contributed by atoms with Gasteiger partial charge >= 0.3 is 5.97 Å². The van der Waals surface area contributed by atoms with E-state index in [9.17, 15) is 14.0 Å². The number of hydrogen-bond donors (Lipinski definition) is 2. The molecule has 170 valence electrons. The third-order valence-electron chi connectivity index (χ3n) is 5.61. The molecule has 0 saturated heterocycles. The van der Waals surface area contributed by atoms with Crippen LogP contribution in [0.2, 0.25) is 0 Å². The topological polar surface area (TPSA) is 66.4 Å². The number of nitrogens with one attached hydrogen (secondary N) is 1. The zero-order valence-electron chi connectivity index (χ0n) is 18.9. The molecule has 0 unspecified atom stereocenters. The zero-order valence-corrected chi connectivity index (χ0v) is 18.9. The Morgan fingerprint density at radius 3 is 1.80 bits per heavy atom. The molecule has 0 spiro atoms. The van der Waals surface area contributed by atoms with Crippen LogP contribution in [0, 0.1) is 5.82 Å². The Bertz CT molecular complexity index is 646. The fraction of sp³-hybridized carbons (Fsp3) is 0.680. The van der Waals surface area contributed by atoms with Crippen molar-refractivity contribution in [2.75, 3.05) is 5.32 Å². The average Bonchev–Trinajstić information content (AvgIpc) is 2.72. The third kappa shape index (κ3) is 10.2. The number of rotatable bonds is 17. The number of anilines is 1.